The third kappa shape index (κ3) is 4.21. The van der Waals surface area contributed by atoms with Gasteiger partial charge in [-0.3, -0.25) is 20.2 Å². The molecule has 28 heavy (non-hydrogen) atoms. The summed E-state index contributed by atoms with van der Waals surface area (Å²) in [5.74, 6) is 0. The quantitative estimate of drug-likeness (QED) is 0.363. The largest absolute Gasteiger partial charge is 0.320 e. The van der Waals surface area contributed by atoms with Gasteiger partial charge in [-0.25, -0.2) is 4.68 Å². The van der Waals surface area contributed by atoms with E-state index >= 15 is 0 Å². The Morgan fingerprint density at radius 2 is 1.54 bits per heavy atom. The second-order valence-corrected chi connectivity index (χ2v) is 6.22. The van der Waals surface area contributed by atoms with Gasteiger partial charge in [-0.15, -0.1) is 0 Å². The number of non-ortho nitro benzene ring substituents is 2. The summed E-state index contributed by atoms with van der Waals surface area (Å²) in [5, 5.41) is 29.5. The number of aromatic nitrogens is 2. The first-order chi connectivity index (χ1) is 13.5. The van der Waals surface area contributed by atoms with Gasteiger partial charge in [0, 0.05) is 35.5 Å². The van der Waals surface area contributed by atoms with Gasteiger partial charge in [0.25, 0.3) is 11.4 Å². The van der Waals surface area contributed by atoms with Gasteiger partial charge in [0.1, 0.15) is 0 Å². The number of rotatable bonds is 8. The van der Waals surface area contributed by atoms with Crippen LogP contribution < -0.4 is 5.32 Å². The van der Waals surface area contributed by atoms with Crippen molar-refractivity contribution in [1.82, 2.24) is 15.1 Å². The predicted molar refractivity (Wildman–Crippen MR) is 105 cm³/mol. The Bertz CT molecular complexity index is 981. The topological polar surface area (TPSA) is 116 Å². The first-order valence-corrected chi connectivity index (χ1v) is 8.73. The highest BCUT2D eigenvalue weighted by Crippen LogP contribution is 2.25. The number of aryl methyl sites for hydroxylation is 1. The third-order valence-electron chi connectivity index (χ3n) is 4.32. The van der Waals surface area contributed by atoms with E-state index in [0.717, 1.165) is 36.3 Å². The zero-order valence-corrected chi connectivity index (χ0v) is 15.2. The average molecular weight is 381 g/mol. The molecule has 0 bridgehead atoms. The van der Waals surface area contributed by atoms with E-state index in [-0.39, 0.29) is 11.4 Å². The van der Waals surface area contributed by atoms with Crippen LogP contribution in [-0.4, -0.2) is 33.2 Å². The van der Waals surface area contributed by atoms with Crippen molar-refractivity contribution in [3.8, 4) is 16.9 Å². The minimum atomic E-state index is -0.442. The molecule has 0 saturated carbocycles. The molecule has 0 atom stereocenters. The van der Waals surface area contributed by atoms with Crippen molar-refractivity contribution in [2.75, 3.05) is 13.6 Å². The number of nitrogens with zero attached hydrogens (tertiary/aromatic N) is 4. The van der Waals surface area contributed by atoms with Crippen molar-refractivity contribution < 1.29 is 9.85 Å². The molecule has 9 nitrogen and oxygen atoms in total. The first kappa shape index (κ1) is 19.2. The van der Waals surface area contributed by atoms with Crippen LogP contribution in [0.5, 0.6) is 0 Å². The molecule has 3 rings (SSSR count). The van der Waals surface area contributed by atoms with Crippen LogP contribution in [0.3, 0.4) is 0 Å². The van der Waals surface area contributed by atoms with Crippen LogP contribution in [0, 0.1) is 20.2 Å². The lowest BCUT2D eigenvalue weighted by Gasteiger charge is -2.07. The van der Waals surface area contributed by atoms with Crippen LogP contribution in [0.2, 0.25) is 0 Å². The number of nitro groups is 2. The summed E-state index contributed by atoms with van der Waals surface area (Å²) in [5.41, 5.74) is 3.17. The Morgan fingerprint density at radius 3 is 2.07 bits per heavy atom. The average Bonchev–Trinajstić information content (AvgIpc) is 3.12. The Hall–Kier alpha value is -3.59. The van der Waals surface area contributed by atoms with Crippen LogP contribution in [0.4, 0.5) is 11.4 Å². The first-order valence-electron chi connectivity index (χ1n) is 8.73. The van der Waals surface area contributed by atoms with Crippen molar-refractivity contribution in [3.63, 3.8) is 0 Å². The fourth-order valence-corrected chi connectivity index (χ4v) is 2.88. The predicted octanol–water partition coefficient (Wildman–Crippen LogP) is 3.51. The number of nitro benzene ring substituents is 2. The number of hydrogen-bond acceptors (Lipinski definition) is 6. The van der Waals surface area contributed by atoms with Crippen LogP contribution in [0.25, 0.3) is 16.9 Å². The maximum atomic E-state index is 10.9. The molecule has 144 valence electrons. The van der Waals surface area contributed by atoms with E-state index in [2.05, 4.69) is 10.4 Å². The minimum Gasteiger partial charge on any atom is -0.320 e. The molecule has 1 aromatic heterocycles. The van der Waals surface area contributed by atoms with Crippen molar-refractivity contribution in [3.05, 3.63) is 80.5 Å². The molecule has 0 aliphatic rings. The molecule has 2 aromatic carbocycles. The zero-order valence-electron chi connectivity index (χ0n) is 15.2. The maximum Gasteiger partial charge on any atom is 0.269 e. The van der Waals surface area contributed by atoms with E-state index in [1.54, 1.807) is 28.9 Å². The molecule has 0 radical (unpaired) electrons. The number of nitrogens with one attached hydrogen (secondary N) is 1. The van der Waals surface area contributed by atoms with Crippen LogP contribution in [0.15, 0.2) is 54.6 Å². The monoisotopic (exact) mass is 381 g/mol. The van der Waals surface area contributed by atoms with Gasteiger partial charge >= 0.3 is 0 Å². The highest BCUT2D eigenvalue weighted by atomic mass is 16.6. The molecular formula is C19H19N5O4. The molecule has 1 N–H and O–H groups in total. The van der Waals surface area contributed by atoms with Crippen LogP contribution in [0.1, 0.15) is 12.1 Å². The molecular weight excluding hydrogens is 362 g/mol. The van der Waals surface area contributed by atoms with E-state index in [4.69, 9.17) is 0 Å². The molecule has 0 aliphatic carbocycles. The van der Waals surface area contributed by atoms with E-state index < -0.39 is 9.85 Å². The Kier molecular flexibility index (Phi) is 5.75. The highest BCUT2D eigenvalue weighted by molar-refractivity contribution is 5.62. The Balaban J connectivity index is 1.97. The lowest BCUT2D eigenvalue weighted by molar-refractivity contribution is -0.385. The standard InChI is InChI=1S/C19H19N5O4/c1-20-12-2-3-18-13-19(14-4-6-16(7-5-14)23(25)26)21-22(18)15-8-10-17(11-9-15)24(27)28/h4-11,13,20H,2-3,12H2,1H3. The lowest BCUT2D eigenvalue weighted by atomic mass is 10.1. The molecule has 0 aliphatic heterocycles. The van der Waals surface area contributed by atoms with E-state index in [0.29, 0.717) is 5.69 Å². The molecule has 1 heterocycles. The number of hydrogen-bond donors (Lipinski definition) is 1. The molecule has 0 saturated heterocycles. The van der Waals surface area contributed by atoms with Crippen molar-refractivity contribution >= 4 is 11.4 Å². The fraction of sp³-hybridized carbons (Fsp3) is 0.211. The normalized spacial score (nSPS) is 10.8. The van der Waals surface area contributed by atoms with E-state index in [1.165, 1.54) is 24.3 Å². The van der Waals surface area contributed by atoms with Gasteiger partial charge < -0.3 is 5.32 Å². The van der Waals surface area contributed by atoms with Gasteiger partial charge in [-0.2, -0.15) is 5.10 Å². The summed E-state index contributed by atoms with van der Waals surface area (Å²) >= 11 is 0. The van der Waals surface area contributed by atoms with E-state index in [9.17, 15) is 20.2 Å². The van der Waals surface area contributed by atoms with Gasteiger partial charge in [0.05, 0.1) is 21.2 Å². The summed E-state index contributed by atoms with van der Waals surface area (Å²) in [6.07, 6.45) is 1.66. The maximum absolute atomic E-state index is 10.9. The van der Waals surface area contributed by atoms with Crippen molar-refractivity contribution in [2.24, 2.45) is 0 Å². The molecule has 0 spiro atoms. The molecule has 3 aromatic rings. The summed E-state index contributed by atoms with van der Waals surface area (Å²) in [6, 6.07) is 14.4. The smallest absolute Gasteiger partial charge is 0.269 e. The van der Waals surface area contributed by atoms with E-state index in [1.807, 2.05) is 13.1 Å². The third-order valence-corrected chi connectivity index (χ3v) is 4.32. The second kappa shape index (κ2) is 8.40. The minimum absolute atomic E-state index is 0.0169. The fourth-order valence-electron chi connectivity index (χ4n) is 2.88. The zero-order chi connectivity index (χ0) is 20.1. The Morgan fingerprint density at radius 1 is 0.964 bits per heavy atom. The molecule has 0 unspecified atom stereocenters. The molecule has 0 amide bonds. The summed E-state index contributed by atoms with van der Waals surface area (Å²) in [7, 11) is 1.88. The van der Waals surface area contributed by atoms with Crippen molar-refractivity contribution in [1.29, 1.82) is 0 Å². The summed E-state index contributed by atoms with van der Waals surface area (Å²) in [4.78, 5) is 20.8. The van der Waals surface area contributed by atoms with Crippen LogP contribution in [-0.2, 0) is 6.42 Å². The Labute approximate surface area is 160 Å². The number of benzene rings is 2. The SMILES string of the molecule is CNCCCc1cc(-c2ccc([N+](=O)[O-])cc2)nn1-c1ccc([N+](=O)[O-])cc1. The summed E-state index contributed by atoms with van der Waals surface area (Å²) < 4.78 is 1.76. The highest BCUT2D eigenvalue weighted by Gasteiger charge is 2.14. The van der Waals surface area contributed by atoms with Gasteiger partial charge in [-0.05, 0) is 56.8 Å². The second-order valence-electron chi connectivity index (χ2n) is 6.22. The lowest BCUT2D eigenvalue weighted by Crippen LogP contribution is -2.10. The van der Waals surface area contributed by atoms with Gasteiger partial charge in [0.15, 0.2) is 0 Å². The van der Waals surface area contributed by atoms with Gasteiger partial charge in [-0.1, -0.05) is 0 Å². The van der Waals surface area contributed by atoms with Gasteiger partial charge in [0.2, 0.25) is 0 Å². The van der Waals surface area contributed by atoms with Crippen LogP contribution >= 0.6 is 0 Å². The molecule has 0 fully saturated rings. The molecule has 9 heteroatoms. The van der Waals surface area contributed by atoms with Crippen molar-refractivity contribution in [2.45, 2.75) is 12.8 Å². The summed E-state index contributed by atoms with van der Waals surface area (Å²) in [6.45, 7) is 0.846.